The average Bonchev–Trinajstić information content (AvgIpc) is 3.23. The van der Waals surface area contributed by atoms with Gasteiger partial charge in [-0.2, -0.15) is 5.10 Å². The normalized spacial score (nSPS) is 11.0. The van der Waals surface area contributed by atoms with Crippen LogP contribution in [0, 0.1) is 0 Å². The maximum absolute atomic E-state index is 5.93. The second-order valence-electron chi connectivity index (χ2n) is 7.41. The largest absolute Gasteiger partial charge is 0.489 e. The molecule has 2 aromatic heterocycles. The van der Waals surface area contributed by atoms with Crippen LogP contribution < -0.4 is 4.74 Å². The van der Waals surface area contributed by atoms with E-state index in [1.54, 1.807) is 0 Å². The van der Waals surface area contributed by atoms with Crippen LogP contribution in [0.1, 0.15) is 18.2 Å². The SMILES string of the molecule is CCc1nn2c(-c3ccc(OCc4ccccc4)cc3)ccnc2c1-c1ccccc1. The number of aromatic nitrogens is 3. The fourth-order valence-corrected chi connectivity index (χ4v) is 3.82. The van der Waals surface area contributed by atoms with Crippen molar-refractivity contribution < 1.29 is 4.74 Å². The lowest BCUT2D eigenvalue weighted by Gasteiger charge is -2.09. The minimum absolute atomic E-state index is 0.555. The van der Waals surface area contributed by atoms with Crippen LogP contribution in [0.15, 0.2) is 97.2 Å². The van der Waals surface area contributed by atoms with Crippen molar-refractivity contribution in [3.8, 4) is 28.1 Å². The number of hydrogen-bond donors (Lipinski definition) is 0. The number of rotatable bonds is 6. The molecule has 0 N–H and O–H groups in total. The van der Waals surface area contributed by atoms with Gasteiger partial charge in [0.2, 0.25) is 0 Å². The molecule has 0 atom stereocenters. The second kappa shape index (κ2) is 8.44. The Morgan fingerprint density at radius 3 is 2.19 bits per heavy atom. The zero-order chi connectivity index (χ0) is 21.0. The summed E-state index contributed by atoms with van der Waals surface area (Å²) in [6.07, 6.45) is 2.71. The predicted octanol–water partition coefficient (Wildman–Crippen LogP) is 6.20. The van der Waals surface area contributed by atoms with E-state index in [-0.39, 0.29) is 0 Å². The van der Waals surface area contributed by atoms with Gasteiger partial charge in [-0.05, 0) is 47.9 Å². The Morgan fingerprint density at radius 1 is 0.774 bits per heavy atom. The Balaban J connectivity index is 1.48. The summed E-state index contributed by atoms with van der Waals surface area (Å²) < 4.78 is 7.89. The van der Waals surface area contributed by atoms with Crippen LogP contribution in [0.3, 0.4) is 0 Å². The highest BCUT2D eigenvalue weighted by atomic mass is 16.5. The summed E-state index contributed by atoms with van der Waals surface area (Å²) in [5.74, 6) is 0.845. The zero-order valence-corrected chi connectivity index (χ0v) is 17.4. The van der Waals surface area contributed by atoms with Crippen LogP contribution in [0.2, 0.25) is 0 Å². The molecule has 0 spiro atoms. The monoisotopic (exact) mass is 405 g/mol. The van der Waals surface area contributed by atoms with Crippen LogP contribution in [0.25, 0.3) is 28.0 Å². The minimum Gasteiger partial charge on any atom is -0.489 e. The molecule has 2 heterocycles. The standard InChI is InChI=1S/C27H23N3O/c1-2-24-26(22-11-7-4-8-12-22)27-28-18-17-25(30(27)29-24)21-13-15-23(16-14-21)31-19-20-9-5-3-6-10-20/h3-18H,2,19H2,1H3. The van der Waals surface area contributed by atoms with Gasteiger partial charge in [-0.25, -0.2) is 9.50 Å². The van der Waals surface area contributed by atoms with E-state index >= 15 is 0 Å². The van der Waals surface area contributed by atoms with E-state index in [1.807, 2.05) is 53.2 Å². The van der Waals surface area contributed by atoms with Crippen LogP contribution >= 0.6 is 0 Å². The molecule has 0 saturated heterocycles. The lowest BCUT2D eigenvalue weighted by molar-refractivity contribution is 0.306. The summed E-state index contributed by atoms with van der Waals surface area (Å²) in [5.41, 5.74) is 7.41. The van der Waals surface area contributed by atoms with Gasteiger partial charge in [-0.3, -0.25) is 0 Å². The Morgan fingerprint density at radius 2 is 1.48 bits per heavy atom. The number of benzene rings is 3. The average molecular weight is 406 g/mol. The van der Waals surface area contributed by atoms with E-state index < -0.39 is 0 Å². The molecule has 0 aliphatic heterocycles. The molecule has 0 bridgehead atoms. The number of hydrogen-bond acceptors (Lipinski definition) is 3. The highest BCUT2D eigenvalue weighted by Gasteiger charge is 2.17. The van der Waals surface area contributed by atoms with Crippen molar-refractivity contribution >= 4 is 5.65 Å². The molecule has 0 saturated carbocycles. The molecule has 4 nitrogen and oxygen atoms in total. The first kappa shape index (κ1) is 19.1. The Labute approximate surface area is 181 Å². The molecule has 0 radical (unpaired) electrons. The molecule has 5 rings (SSSR count). The topological polar surface area (TPSA) is 39.4 Å². The fraction of sp³-hybridized carbons (Fsp3) is 0.111. The van der Waals surface area contributed by atoms with Crippen molar-refractivity contribution in [3.63, 3.8) is 0 Å². The predicted molar refractivity (Wildman–Crippen MR) is 124 cm³/mol. The lowest BCUT2D eigenvalue weighted by atomic mass is 10.0. The molecule has 0 unspecified atom stereocenters. The van der Waals surface area contributed by atoms with Crippen molar-refractivity contribution in [2.75, 3.05) is 0 Å². The Kier molecular flexibility index (Phi) is 5.19. The van der Waals surface area contributed by atoms with Gasteiger partial charge in [0.05, 0.1) is 11.4 Å². The molecular formula is C27H23N3O. The minimum atomic E-state index is 0.555. The molecule has 5 aromatic rings. The van der Waals surface area contributed by atoms with E-state index in [1.165, 1.54) is 0 Å². The van der Waals surface area contributed by atoms with Crippen LogP contribution in [-0.2, 0) is 13.0 Å². The second-order valence-corrected chi connectivity index (χ2v) is 7.41. The van der Waals surface area contributed by atoms with Gasteiger partial charge in [0, 0.05) is 17.3 Å². The third kappa shape index (κ3) is 3.80. The van der Waals surface area contributed by atoms with Crippen molar-refractivity contribution in [3.05, 3.63) is 108 Å². The van der Waals surface area contributed by atoms with Crippen LogP contribution in [0.4, 0.5) is 0 Å². The summed E-state index contributed by atoms with van der Waals surface area (Å²) in [5, 5.41) is 4.91. The molecule has 31 heavy (non-hydrogen) atoms. The maximum atomic E-state index is 5.93. The van der Waals surface area contributed by atoms with Crippen molar-refractivity contribution in [1.29, 1.82) is 0 Å². The highest BCUT2D eigenvalue weighted by molar-refractivity contribution is 5.81. The van der Waals surface area contributed by atoms with Gasteiger partial charge in [-0.15, -0.1) is 0 Å². The van der Waals surface area contributed by atoms with Crippen LogP contribution in [0.5, 0.6) is 5.75 Å². The van der Waals surface area contributed by atoms with Crippen molar-refractivity contribution in [1.82, 2.24) is 14.6 Å². The number of ether oxygens (including phenoxy) is 1. The smallest absolute Gasteiger partial charge is 0.163 e. The van der Waals surface area contributed by atoms with E-state index in [0.29, 0.717) is 6.61 Å². The van der Waals surface area contributed by atoms with Gasteiger partial charge in [0.1, 0.15) is 12.4 Å². The Hall–Kier alpha value is -3.92. The summed E-state index contributed by atoms with van der Waals surface area (Å²) in [6.45, 7) is 2.69. The first-order valence-electron chi connectivity index (χ1n) is 10.5. The van der Waals surface area contributed by atoms with Gasteiger partial charge in [0.15, 0.2) is 5.65 Å². The van der Waals surface area contributed by atoms with Gasteiger partial charge in [-0.1, -0.05) is 67.6 Å². The maximum Gasteiger partial charge on any atom is 0.163 e. The highest BCUT2D eigenvalue weighted by Crippen LogP contribution is 2.31. The molecule has 0 aliphatic rings. The van der Waals surface area contributed by atoms with Gasteiger partial charge < -0.3 is 4.74 Å². The molecule has 4 heteroatoms. The van der Waals surface area contributed by atoms with E-state index in [2.05, 4.69) is 60.4 Å². The van der Waals surface area contributed by atoms with Gasteiger partial charge >= 0.3 is 0 Å². The van der Waals surface area contributed by atoms with E-state index in [9.17, 15) is 0 Å². The third-order valence-electron chi connectivity index (χ3n) is 5.39. The lowest BCUT2D eigenvalue weighted by Crippen LogP contribution is -1.97. The van der Waals surface area contributed by atoms with Gasteiger partial charge in [0.25, 0.3) is 0 Å². The summed E-state index contributed by atoms with van der Waals surface area (Å²) in [4.78, 5) is 4.67. The summed E-state index contributed by atoms with van der Waals surface area (Å²) in [7, 11) is 0. The molecular weight excluding hydrogens is 382 g/mol. The quantitative estimate of drug-likeness (QED) is 0.337. The fourth-order valence-electron chi connectivity index (χ4n) is 3.82. The molecule has 0 amide bonds. The number of aryl methyl sites for hydroxylation is 1. The first-order valence-corrected chi connectivity index (χ1v) is 10.5. The number of fused-ring (bicyclic) bond motifs is 1. The molecule has 152 valence electrons. The van der Waals surface area contributed by atoms with Crippen LogP contribution in [-0.4, -0.2) is 14.6 Å². The van der Waals surface area contributed by atoms with E-state index in [0.717, 1.165) is 51.5 Å². The Bertz CT molecular complexity index is 1290. The summed E-state index contributed by atoms with van der Waals surface area (Å²) >= 11 is 0. The zero-order valence-electron chi connectivity index (χ0n) is 17.4. The molecule has 0 aliphatic carbocycles. The van der Waals surface area contributed by atoms with Crippen molar-refractivity contribution in [2.45, 2.75) is 20.0 Å². The first-order chi connectivity index (χ1) is 15.3. The molecule has 0 fully saturated rings. The van der Waals surface area contributed by atoms with Crippen molar-refractivity contribution in [2.24, 2.45) is 0 Å². The third-order valence-corrected chi connectivity index (χ3v) is 5.39. The van der Waals surface area contributed by atoms with E-state index in [4.69, 9.17) is 9.84 Å². The number of nitrogens with zero attached hydrogens (tertiary/aromatic N) is 3. The summed E-state index contributed by atoms with van der Waals surface area (Å²) in [6, 6.07) is 30.7. The molecule has 3 aromatic carbocycles.